The minimum absolute atomic E-state index is 0.196. The molecule has 1 aliphatic rings. The van der Waals surface area contributed by atoms with Crippen molar-refractivity contribution in [2.45, 2.75) is 39.5 Å². The lowest BCUT2D eigenvalue weighted by molar-refractivity contribution is -0.205. The summed E-state index contributed by atoms with van der Waals surface area (Å²) in [5.41, 5.74) is 6.99. The number of nitrogens with zero attached hydrogens (tertiary/aromatic N) is 1. The van der Waals surface area contributed by atoms with E-state index < -0.39 is 5.41 Å². The predicted molar refractivity (Wildman–Crippen MR) is 85.0 cm³/mol. The molecule has 1 aromatic rings. The molecular weight excluding hydrogens is 288 g/mol. The topological polar surface area (TPSA) is 55.6 Å². The minimum Gasteiger partial charge on any atom is -0.398 e. The molecule has 21 heavy (non-hydrogen) atoms. The van der Waals surface area contributed by atoms with Crippen molar-refractivity contribution in [3.63, 3.8) is 0 Å². The van der Waals surface area contributed by atoms with Crippen LogP contribution >= 0.6 is 11.6 Å². The van der Waals surface area contributed by atoms with Crippen molar-refractivity contribution in [2.24, 2.45) is 5.41 Å². The first kappa shape index (κ1) is 16.1. The van der Waals surface area contributed by atoms with Gasteiger partial charge in [-0.1, -0.05) is 17.7 Å². The molecule has 1 fully saturated rings. The Balaban J connectivity index is 2.03. The van der Waals surface area contributed by atoms with E-state index in [1.165, 1.54) is 0 Å². The fourth-order valence-corrected chi connectivity index (χ4v) is 2.54. The van der Waals surface area contributed by atoms with Crippen LogP contribution in [0.1, 0.15) is 45.1 Å². The molecule has 1 aromatic carbocycles. The van der Waals surface area contributed by atoms with E-state index in [1.54, 1.807) is 5.06 Å². The molecule has 2 rings (SSSR count). The van der Waals surface area contributed by atoms with Crippen LogP contribution in [-0.2, 0) is 9.63 Å². The number of nitrogen functional groups attached to an aromatic ring is 1. The average Bonchev–Trinajstić information content (AvgIpc) is 2.41. The van der Waals surface area contributed by atoms with Gasteiger partial charge >= 0.3 is 5.97 Å². The van der Waals surface area contributed by atoms with Crippen molar-refractivity contribution >= 4 is 23.3 Å². The van der Waals surface area contributed by atoms with E-state index in [0.717, 1.165) is 24.9 Å². The summed E-state index contributed by atoms with van der Waals surface area (Å²) in [5.74, 6) is 0.114. The zero-order valence-electron chi connectivity index (χ0n) is 12.9. The molecule has 0 bridgehead atoms. The van der Waals surface area contributed by atoms with Gasteiger partial charge in [-0.3, -0.25) is 0 Å². The molecule has 1 atom stereocenters. The van der Waals surface area contributed by atoms with E-state index >= 15 is 0 Å². The van der Waals surface area contributed by atoms with Gasteiger partial charge < -0.3 is 10.6 Å². The van der Waals surface area contributed by atoms with Gasteiger partial charge in [-0.15, -0.1) is 5.06 Å². The molecular formula is C16H23ClN2O2. The molecule has 1 unspecified atom stereocenters. The smallest absolute Gasteiger partial charge is 0.330 e. The van der Waals surface area contributed by atoms with E-state index in [-0.39, 0.29) is 5.97 Å². The lowest BCUT2D eigenvalue weighted by atomic mass is 9.91. The molecule has 0 aliphatic carbocycles. The SMILES string of the molecule is CC(C)(C)C(=O)ON1CCCC(c2ccc(N)c(Cl)c2)C1. The van der Waals surface area contributed by atoms with Crippen molar-refractivity contribution in [2.75, 3.05) is 18.8 Å². The lowest BCUT2D eigenvalue weighted by Crippen LogP contribution is -2.39. The Kier molecular flexibility index (Phi) is 4.79. The maximum absolute atomic E-state index is 12.0. The maximum Gasteiger partial charge on any atom is 0.330 e. The molecule has 0 spiro atoms. The van der Waals surface area contributed by atoms with Gasteiger partial charge in [0.2, 0.25) is 0 Å². The van der Waals surface area contributed by atoms with Gasteiger partial charge in [0.05, 0.1) is 16.1 Å². The zero-order chi connectivity index (χ0) is 15.6. The number of benzene rings is 1. The number of piperidine rings is 1. The second-order valence-corrected chi connectivity index (χ2v) is 7.04. The van der Waals surface area contributed by atoms with Gasteiger partial charge in [0.25, 0.3) is 0 Å². The van der Waals surface area contributed by atoms with E-state index in [2.05, 4.69) is 0 Å². The van der Waals surface area contributed by atoms with Crippen molar-refractivity contribution in [3.8, 4) is 0 Å². The second kappa shape index (κ2) is 6.24. The highest BCUT2D eigenvalue weighted by Crippen LogP contribution is 2.31. The quantitative estimate of drug-likeness (QED) is 0.848. The van der Waals surface area contributed by atoms with Crippen LogP contribution in [0.15, 0.2) is 18.2 Å². The molecule has 0 saturated carbocycles. The van der Waals surface area contributed by atoms with Gasteiger partial charge in [0.15, 0.2) is 0 Å². The Morgan fingerprint density at radius 3 is 2.76 bits per heavy atom. The summed E-state index contributed by atoms with van der Waals surface area (Å²) in [6, 6.07) is 5.75. The van der Waals surface area contributed by atoms with Crippen LogP contribution in [0.25, 0.3) is 0 Å². The number of nitrogens with two attached hydrogens (primary N) is 1. The summed E-state index contributed by atoms with van der Waals surface area (Å²) < 4.78 is 0. The van der Waals surface area contributed by atoms with Crippen LogP contribution in [0.5, 0.6) is 0 Å². The summed E-state index contributed by atoms with van der Waals surface area (Å²) in [4.78, 5) is 17.5. The summed E-state index contributed by atoms with van der Waals surface area (Å²) in [6.07, 6.45) is 2.05. The van der Waals surface area contributed by atoms with E-state index in [1.807, 2.05) is 39.0 Å². The first-order valence-corrected chi connectivity index (χ1v) is 7.67. The van der Waals surface area contributed by atoms with Gasteiger partial charge in [-0.2, -0.15) is 0 Å². The number of hydrogen-bond acceptors (Lipinski definition) is 4. The summed E-state index contributed by atoms with van der Waals surface area (Å²) in [7, 11) is 0. The normalized spacial score (nSPS) is 20.3. The van der Waals surface area contributed by atoms with Gasteiger partial charge in [0, 0.05) is 19.0 Å². The number of anilines is 1. The predicted octanol–water partition coefficient (Wildman–Crippen LogP) is 3.61. The first-order valence-electron chi connectivity index (χ1n) is 7.29. The Hall–Kier alpha value is -1.26. The van der Waals surface area contributed by atoms with E-state index in [0.29, 0.717) is 23.2 Å². The number of hydrogen-bond donors (Lipinski definition) is 1. The molecule has 0 aromatic heterocycles. The number of carbonyl (C=O) groups excluding carboxylic acids is 1. The summed E-state index contributed by atoms with van der Waals surface area (Å²) in [6.45, 7) is 7.05. The highest BCUT2D eigenvalue weighted by molar-refractivity contribution is 6.33. The highest BCUT2D eigenvalue weighted by atomic mass is 35.5. The molecule has 116 valence electrons. The Labute approximate surface area is 131 Å². The van der Waals surface area contributed by atoms with Gasteiger partial charge in [-0.05, 0) is 51.3 Å². The Morgan fingerprint density at radius 1 is 1.43 bits per heavy atom. The van der Waals surface area contributed by atoms with Crippen LogP contribution in [0.2, 0.25) is 5.02 Å². The molecule has 1 heterocycles. The molecule has 1 saturated heterocycles. The van der Waals surface area contributed by atoms with Crippen molar-refractivity contribution in [1.82, 2.24) is 5.06 Å². The van der Waals surface area contributed by atoms with Crippen LogP contribution in [-0.4, -0.2) is 24.1 Å². The fraction of sp³-hybridized carbons (Fsp3) is 0.562. The molecule has 4 nitrogen and oxygen atoms in total. The molecule has 0 radical (unpaired) electrons. The largest absolute Gasteiger partial charge is 0.398 e. The van der Waals surface area contributed by atoms with E-state index in [9.17, 15) is 4.79 Å². The van der Waals surface area contributed by atoms with Crippen LogP contribution in [0, 0.1) is 5.41 Å². The second-order valence-electron chi connectivity index (χ2n) is 6.64. The van der Waals surface area contributed by atoms with Gasteiger partial charge in [-0.25, -0.2) is 4.79 Å². The summed E-state index contributed by atoms with van der Waals surface area (Å²) in [5, 5.41) is 2.35. The fourth-order valence-electron chi connectivity index (χ4n) is 2.35. The zero-order valence-corrected chi connectivity index (χ0v) is 13.6. The van der Waals surface area contributed by atoms with Crippen LogP contribution in [0.4, 0.5) is 5.69 Å². The summed E-state index contributed by atoms with van der Waals surface area (Å²) >= 11 is 6.09. The lowest BCUT2D eigenvalue weighted by Gasteiger charge is -2.33. The van der Waals surface area contributed by atoms with Crippen molar-refractivity contribution < 1.29 is 9.63 Å². The molecule has 2 N–H and O–H groups in total. The highest BCUT2D eigenvalue weighted by Gasteiger charge is 2.29. The molecule has 5 heteroatoms. The number of rotatable bonds is 2. The Bertz CT molecular complexity index is 525. The number of hydroxylamine groups is 2. The Morgan fingerprint density at radius 2 is 2.14 bits per heavy atom. The first-order chi connectivity index (χ1) is 9.77. The number of carbonyl (C=O) groups is 1. The van der Waals surface area contributed by atoms with Crippen LogP contribution in [0.3, 0.4) is 0 Å². The van der Waals surface area contributed by atoms with E-state index in [4.69, 9.17) is 22.2 Å². The standard InChI is InChI=1S/C16H23ClN2O2/c1-16(2,3)15(20)21-19-8-4-5-12(10-19)11-6-7-14(18)13(17)9-11/h6-7,9,12H,4-5,8,10,18H2,1-3H3. The van der Waals surface area contributed by atoms with Gasteiger partial charge in [0.1, 0.15) is 0 Å². The average molecular weight is 311 g/mol. The maximum atomic E-state index is 12.0. The van der Waals surface area contributed by atoms with Crippen molar-refractivity contribution in [1.29, 1.82) is 0 Å². The minimum atomic E-state index is -0.489. The van der Waals surface area contributed by atoms with Crippen molar-refractivity contribution in [3.05, 3.63) is 28.8 Å². The third-order valence-corrected chi connectivity index (χ3v) is 4.03. The molecule has 1 aliphatic heterocycles. The third kappa shape index (κ3) is 4.11. The third-order valence-electron chi connectivity index (χ3n) is 3.70. The molecule has 0 amide bonds. The monoisotopic (exact) mass is 310 g/mol. The number of halogens is 1. The van der Waals surface area contributed by atoms with Crippen LogP contribution < -0.4 is 5.73 Å².